The summed E-state index contributed by atoms with van der Waals surface area (Å²) in [7, 11) is 3.30. The number of benzene rings is 2. The third-order valence-corrected chi connectivity index (χ3v) is 4.15. The maximum absolute atomic E-state index is 10.4. The number of hydrogen-bond donors (Lipinski definition) is 3. The largest absolute Gasteiger partial charge is 0.497 e. The summed E-state index contributed by atoms with van der Waals surface area (Å²) in [6, 6.07) is 15.3. The van der Waals surface area contributed by atoms with E-state index >= 15 is 0 Å². The van der Waals surface area contributed by atoms with Gasteiger partial charge in [-0.25, -0.2) is 0 Å². The monoisotopic (exact) mass is 371 g/mol. The van der Waals surface area contributed by atoms with Crippen LogP contribution in [-0.4, -0.2) is 44.9 Å². The van der Waals surface area contributed by atoms with E-state index in [1.54, 1.807) is 14.2 Å². The molecule has 0 amide bonds. The highest BCUT2D eigenvalue weighted by Gasteiger charge is 2.08. The fourth-order valence-electron chi connectivity index (χ4n) is 2.68. The Hall–Kier alpha value is -2.73. The molecule has 1 atom stereocenters. The molecular weight excluding hydrogens is 342 g/mol. The van der Waals surface area contributed by atoms with Crippen LogP contribution < -0.4 is 20.1 Å². The topological polar surface area (TPSA) is 75.1 Å². The van der Waals surface area contributed by atoms with E-state index in [0.717, 1.165) is 35.6 Å². The van der Waals surface area contributed by atoms with Crippen LogP contribution in [-0.2, 0) is 6.42 Å². The van der Waals surface area contributed by atoms with Gasteiger partial charge in [0.2, 0.25) is 0 Å². The normalized spacial score (nSPS) is 12.4. The summed E-state index contributed by atoms with van der Waals surface area (Å²) in [5, 5.41) is 16.8. The zero-order chi connectivity index (χ0) is 19.5. The summed E-state index contributed by atoms with van der Waals surface area (Å²) in [6.07, 6.45) is 0.149. The number of ether oxygens (including phenoxy) is 2. The number of guanidine groups is 1. The fourth-order valence-corrected chi connectivity index (χ4v) is 2.68. The second-order valence-electron chi connectivity index (χ2n) is 6.00. The van der Waals surface area contributed by atoms with Crippen molar-refractivity contribution in [1.82, 2.24) is 10.6 Å². The maximum Gasteiger partial charge on any atom is 0.191 e. The molecule has 2 rings (SSSR count). The van der Waals surface area contributed by atoms with E-state index in [4.69, 9.17) is 9.47 Å². The minimum atomic E-state index is -0.666. The third-order valence-electron chi connectivity index (χ3n) is 4.15. The molecule has 0 fully saturated rings. The average molecular weight is 371 g/mol. The zero-order valence-electron chi connectivity index (χ0n) is 16.2. The van der Waals surface area contributed by atoms with Crippen LogP contribution in [0.4, 0.5) is 0 Å². The summed E-state index contributed by atoms with van der Waals surface area (Å²) in [5.74, 6) is 2.33. The van der Waals surface area contributed by atoms with Gasteiger partial charge in [0.1, 0.15) is 11.5 Å². The lowest BCUT2D eigenvalue weighted by Gasteiger charge is -2.14. The molecule has 0 saturated heterocycles. The van der Waals surface area contributed by atoms with Gasteiger partial charge < -0.3 is 25.2 Å². The quantitative estimate of drug-likeness (QED) is 0.467. The predicted octanol–water partition coefficient (Wildman–Crippen LogP) is 2.54. The highest BCUT2D eigenvalue weighted by Crippen LogP contribution is 2.18. The minimum absolute atomic E-state index is 0.274. The number of nitrogens with zero attached hydrogens (tertiary/aromatic N) is 1. The predicted molar refractivity (Wildman–Crippen MR) is 109 cm³/mol. The van der Waals surface area contributed by atoms with Gasteiger partial charge in [-0.15, -0.1) is 0 Å². The Kier molecular flexibility index (Phi) is 8.45. The number of hydrogen-bond acceptors (Lipinski definition) is 4. The lowest BCUT2D eigenvalue weighted by atomic mass is 10.1. The van der Waals surface area contributed by atoms with Crippen LogP contribution in [0.15, 0.2) is 53.5 Å². The lowest BCUT2D eigenvalue weighted by molar-refractivity contribution is 0.187. The van der Waals surface area contributed by atoms with E-state index in [2.05, 4.69) is 21.7 Å². The molecule has 0 aliphatic carbocycles. The second kappa shape index (κ2) is 11.1. The van der Waals surface area contributed by atoms with Crippen LogP contribution in [0.2, 0.25) is 0 Å². The van der Waals surface area contributed by atoms with Crippen molar-refractivity contribution in [3.8, 4) is 11.5 Å². The Morgan fingerprint density at radius 3 is 2.44 bits per heavy atom. The van der Waals surface area contributed by atoms with Crippen molar-refractivity contribution in [2.24, 2.45) is 4.99 Å². The van der Waals surface area contributed by atoms with Gasteiger partial charge in [0.25, 0.3) is 0 Å². The highest BCUT2D eigenvalue weighted by molar-refractivity contribution is 5.79. The van der Waals surface area contributed by atoms with Crippen LogP contribution in [0.1, 0.15) is 24.2 Å². The van der Waals surface area contributed by atoms with Gasteiger partial charge in [0.15, 0.2) is 5.96 Å². The molecule has 6 heteroatoms. The van der Waals surface area contributed by atoms with Crippen LogP contribution >= 0.6 is 0 Å². The Labute approximate surface area is 161 Å². The van der Waals surface area contributed by atoms with Crippen molar-refractivity contribution in [2.75, 3.05) is 33.9 Å². The molecule has 0 saturated carbocycles. The van der Waals surface area contributed by atoms with Crippen molar-refractivity contribution in [1.29, 1.82) is 0 Å². The fraction of sp³-hybridized carbons (Fsp3) is 0.381. The Balaban J connectivity index is 1.90. The minimum Gasteiger partial charge on any atom is -0.497 e. The van der Waals surface area contributed by atoms with Gasteiger partial charge in [-0.3, -0.25) is 4.99 Å². The molecule has 0 aliphatic rings. The van der Waals surface area contributed by atoms with E-state index in [-0.39, 0.29) is 6.54 Å². The van der Waals surface area contributed by atoms with Crippen LogP contribution in [0.3, 0.4) is 0 Å². The molecule has 0 aliphatic heterocycles. The Bertz CT molecular complexity index is 717. The summed E-state index contributed by atoms with van der Waals surface area (Å²) >= 11 is 0. The number of methoxy groups -OCH3 is 2. The summed E-state index contributed by atoms with van der Waals surface area (Å²) in [5.41, 5.74) is 1.95. The zero-order valence-corrected chi connectivity index (χ0v) is 16.2. The Morgan fingerprint density at radius 1 is 1.04 bits per heavy atom. The molecule has 146 valence electrons. The van der Waals surface area contributed by atoms with Crippen molar-refractivity contribution in [3.63, 3.8) is 0 Å². The third kappa shape index (κ3) is 6.49. The number of aliphatic hydroxyl groups is 1. The SMILES string of the molecule is CCNC(=NCC(O)c1ccc(OC)cc1)NCCc1ccccc1OC. The van der Waals surface area contributed by atoms with Gasteiger partial charge in [-0.05, 0) is 42.7 Å². The van der Waals surface area contributed by atoms with E-state index in [0.29, 0.717) is 12.5 Å². The first-order chi connectivity index (χ1) is 13.2. The van der Waals surface area contributed by atoms with Crippen molar-refractivity contribution in [2.45, 2.75) is 19.4 Å². The van der Waals surface area contributed by atoms with E-state index in [1.165, 1.54) is 0 Å². The molecule has 1 unspecified atom stereocenters. The number of rotatable bonds is 9. The van der Waals surface area contributed by atoms with Gasteiger partial charge >= 0.3 is 0 Å². The van der Waals surface area contributed by atoms with Gasteiger partial charge in [0, 0.05) is 13.1 Å². The first-order valence-corrected chi connectivity index (χ1v) is 9.14. The lowest BCUT2D eigenvalue weighted by Crippen LogP contribution is -2.38. The molecule has 0 aromatic heterocycles. The van der Waals surface area contributed by atoms with Crippen LogP contribution in [0.5, 0.6) is 11.5 Å². The van der Waals surface area contributed by atoms with Gasteiger partial charge in [-0.1, -0.05) is 30.3 Å². The Morgan fingerprint density at radius 2 is 1.78 bits per heavy atom. The molecule has 2 aromatic carbocycles. The molecule has 2 aromatic rings. The highest BCUT2D eigenvalue weighted by atomic mass is 16.5. The molecule has 0 heterocycles. The summed E-state index contributed by atoms with van der Waals surface area (Å²) in [4.78, 5) is 4.49. The van der Waals surface area contributed by atoms with Crippen molar-refractivity contribution >= 4 is 5.96 Å². The molecule has 0 bridgehead atoms. The standard InChI is InChI=1S/C21H29N3O3/c1-4-22-21(23-14-13-17-7-5-6-8-20(17)27-3)24-15-19(25)16-9-11-18(26-2)12-10-16/h5-12,19,25H,4,13-15H2,1-3H3,(H2,22,23,24). The number of aliphatic hydroxyl groups excluding tert-OH is 1. The van der Waals surface area contributed by atoms with Crippen molar-refractivity contribution in [3.05, 3.63) is 59.7 Å². The first kappa shape index (κ1) is 20.6. The number of nitrogens with one attached hydrogen (secondary N) is 2. The number of para-hydroxylation sites is 1. The first-order valence-electron chi connectivity index (χ1n) is 9.14. The van der Waals surface area contributed by atoms with E-state index in [9.17, 15) is 5.11 Å². The smallest absolute Gasteiger partial charge is 0.191 e. The summed E-state index contributed by atoms with van der Waals surface area (Å²) < 4.78 is 10.5. The molecular formula is C21H29N3O3. The van der Waals surface area contributed by atoms with Gasteiger partial charge in [0.05, 0.1) is 26.9 Å². The van der Waals surface area contributed by atoms with Crippen LogP contribution in [0.25, 0.3) is 0 Å². The maximum atomic E-state index is 10.4. The van der Waals surface area contributed by atoms with Crippen LogP contribution in [0, 0.1) is 0 Å². The molecule has 0 spiro atoms. The summed E-state index contributed by atoms with van der Waals surface area (Å²) in [6.45, 7) is 3.75. The van der Waals surface area contributed by atoms with Crippen molar-refractivity contribution < 1.29 is 14.6 Å². The average Bonchev–Trinajstić information content (AvgIpc) is 2.72. The van der Waals surface area contributed by atoms with E-state index < -0.39 is 6.10 Å². The molecule has 6 nitrogen and oxygen atoms in total. The second-order valence-corrected chi connectivity index (χ2v) is 6.00. The molecule has 3 N–H and O–H groups in total. The van der Waals surface area contributed by atoms with Gasteiger partial charge in [-0.2, -0.15) is 0 Å². The molecule has 0 radical (unpaired) electrons. The molecule has 27 heavy (non-hydrogen) atoms. The van der Waals surface area contributed by atoms with E-state index in [1.807, 2.05) is 49.4 Å². The number of aliphatic imine (C=N–C) groups is 1.